The molecule has 0 radical (unpaired) electrons. The number of aliphatic carboxylic acids is 1. The second kappa shape index (κ2) is 8.89. The topological polar surface area (TPSA) is 55.8 Å². The molecule has 0 aliphatic heterocycles. The van der Waals surface area contributed by atoms with Gasteiger partial charge in [0.05, 0.1) is 5.57 Å². The van der Waals surface area contributed by atoms with Crippen molar-refractivity contribution in [2.24, 2.45) is 0 Å². The van der Waals surface area contributed by atoms with Crippen LogP contribution in [0, 0.1) is 0 Å². The summed E-state index contributed by atoms with van der Waals surface area (Å²) >= 11 is 0. The Balaban J connectivity index is 2.47. The standard InChI is InChI=1S/C20H22O4/c1-3-7-18(15-8-5-4-6-9-15)19(20(21)22)16-10-12-17(13-11-16)24-14-23-2/h4-6,8-13H,3,7,14H2,1-2H3,(H,21,22). The number of allylic oxidation sites excluding steroid dienone is 1. The van der Waals surface area contributed by atoms with E-state index in [0.29, 0.717) is 23.3 Å². The molecule has 0 aliphatic rings. The minimum absolute atomic E-state index is 0.159. The summed E-state index contributed by atoms with van der Waals surface area (Å²) in [5.41, 5.74) is 2.79. The van der Waals surface area contributed by atoms with Gasteiger partial charge in [-0.3, -0.25) is 0 Å². The average molecular weight is 326 g/mol. The smallest absolute Gasteiger partial charge is 0.336 e. The molecule has 0 amide bonds. The van der Waals surface area contributed by atoms with E-state index in [0.717, 1.165) is 17.6 Å². The summed E-state index contributed by atoms with van der Waals surface area (Å²) in [7, 11) is 1.55. The van der Waals surface area contributed by atoms with Gasteiger partial charge in [0.1, 0.15) is 5.75 Å². The van der Waals surface area contributed by atoms with Crippen molar-refractivity contribution in [3.8, 4) is 5.75 Å². The molecule has 0 aliphatic carbocycles. The van der Waals surface area contributed by atoms with Crippen LogP contribution >= 0.6 is 0 Å². The molecule has 0 atom stereocenters. The molecule has 0 aromatic heterocycles. The maximum absolute atomic E-state index is 11.9. The van der Waals surface area contributed by atoms with Crippen molar-refractivity contribution >= 4 is 17.1 Å². The van der Waals surface area contributed by atoms with Crippen LogP contribution in [0.3, 0.4) is 0 Å². The molecular weight excluding hydrogens is 304 g/mol. The SMILES string of the molecule is CCCC(=C(C(=O)O)c1ccc(OCOC)cc1)c1ccccc1. The molecule has 0 heterocycles. The van der Waals surface area contributed by atoms with Crippen LogP contribution in [-0.4, -0.2) is 25.0 Å². The highest BCUT2D eigenvalue weighted by molar-refractivity contribution is 6.23. The van der Waals surface area contributed by atoms with Crippen molar-refractivity contribution in [2.75, 3.05) is 13.9 Å². The fourth-order valence-electron chi connectivity index (χ4n) is 2.57. The first-order valence-corrected chi connectivity index (χ1v) is 7.91. The molecule has 2 aromatic carbocycles. The third-order valence-electron chi connectivity index (χ3n) is 3.62. The van der Waals surface area contributed by atoms with E-state index in [1.807, 2.05) is 37.3 Å². The molecule has 0 unspecified atom stereocenters. The fraction of sp³-hybridized carbons (Fsp3) is 0.250. The number of ether oxygens (including phenoxy) is 2. The van der Waals surface area contributed by atoms with Crippen LogP contribution in [0.15, 0.2) is 54.6 Å². The lowest BCUT2D eigenvalue weighted by atomic mass is 9.91. The highest BCUT2D eigenvalue weighted by atomic mass is 16.7. The maximum atomic E-state index is 11.9. The number of carbonyl (C=O) groups is 1. The van der Waals surface area contributed by atoms with Crippen LogP contribution in [0.5, 0.6) is 5.75 Å². The molecule has 0 saturated heterocycles. The Kier molecular flexibility index (Phi) is 6.58. The molecule has 0 saturated carbocycles. The summed E-state index contributed by atoms with van der Waals surface area (Å²) in [4.78, 5) is 11.9. The van der Waals surface area contributed by atoms with Gasteiger partial charge in [-0.15, -0.1) is 0 Å². The second-order valence-corrected chi connectivity index (χ2v) is 5.35. The third kappa shape index (κ3) is 4.46. The first kappa shape index (κ1) is 17.8. The van der Waals surface area contributed by atoms with Crippen molar-refractivity contribution in [3.63, 3.8) is 0 Å². The van der Waals surface area contributed by atoms with Gasteiger partial charge < -0.3 is 14.6 Å². The van der Waals surface area contributed by atoms with E-state index in [1.54, 1.807) is 31.4 Å². The number of hydrogen-bond donors (Lipinski definition) is 1. The van der Waals surface area contributed by atoms with Crippen LogP contribution in [0.2, 0.25) is 0 Å². The van der Waals surface area contributed by atoms with E-state index in [2.05, 4.69) is 0 Å². The van der Waals surface area contributed by atoms with Gasteiger partial charge in [-0.2, -0.15) is 0 Å². The van der Waals surface area contributed by atoms with E-state index in [9.17, 15) is 9.90 Å². The zero-order chi connectivity index (χ0) is 17.4. The highest BCUT2D eigenvalue weighted by Crippen LogP contribution is 2.31. The monoisotopic (exact) mass is 326 g/mol. The molecule has 0 spiro atoms. The van der Waals surface area contributed by atoms with Gasteiger partial charge in [-0.25, -0.2) is 4.79 Å². The van der Waals surface area contributed by atoms with E-state index >= 15 is 0 Å². The zero-order valence-corrected chi connectivity index (χ0v) is 14.0. The molecule has 0 bridgehead atoms. The van der Waals surface area contributed by atoms with Gasteiger partial charge in [0.25, 0.3) is 0 Å². The Hall–Kier alpha value is -2.59. The van der Waals surface area contributed by atoms with Crippen LogP contribution in [0.1, 0.15) is 30.9 Å². The number of carboxylic acid groups (broad SMARTS) is 1. The Bertz CT molecular complexity index is 687. The Morgan fingerprint density at radius 2 is 1.67 bits per heavy atom. The Labute approximate surface area is 142 Å². The summed E-state index contributed by atoms with van der Waals surface area (Å²) in [6.07, 6.45) is 1.57. The Morgan fingerprint density at radius 3 is 2.21 bits per heavy atom. The lowest BCUT2D eigenvalue weighted by Crippen LogP contribution is -2.04. The number of benzene rings is 2. The van der Waals surface area contributed by atoms with Crippen LogP contribution in [0.25, 0.3) is 11.1 Å². The third-order valence-corrected chi connectivity index (χ3v) is 3.62. The van der Waals surface area contributed by atoms with Gasteiger partial charge >= 0.3 is 5.97 Å². The maximum Gasteiger partial charge on any atom is 0.336 e. The summed E-state index contributed by atoms with van der Waals surface area (Å²) in [6.45, 7) is 2.20. The highest BCUT2D eigenvalue weighted by Gasteiger charge is 2.17. The van der Waals surface area contributed by atoms with Crippen LogP contribution in [0.4, 0.5) is 0 Å². The van der Waals surface area contributed by atoms with E-state index in [1.165, 1.54) is 0 Å². The van der Waals surface area contributed by atoms with Gasteiger partial charge in [0.2, 0.25) is 0 Å². The normalized spacial score (nSPS) is 11.8. The summed E-state index contributed by atoms with van der Waals surface area (Å²) in [5.74, 6) is -0.282. The number of rotatable bonds is 8. The van der Waals surface area contributed by atoms with Gasteiger partial charge in [-0.1, -0.05) is 55.8 Å². The first-order chi connectivity index (χ1) is 11.7. The van der Waals surface area contributed by atoms with Gasteiger partial charge in [0.15, 0.2) is 6.79 Å². The zero-order valence-electron chi connectivity index (χ0n) is 14.0. The average Bonchev–Trinajstić information content (AvgIpc) is 2.61. The largest absolute Gasteiger partial charge is 0.478 e. The van der Waals surface area contributed by atoms with E-state index < -0.39 is 5.97 Å². The number of methoxy groups -OCH3 is 1. The second-order valence-electron chi connectivity index (χ2n) is 5.35. The molecule has 1 N–H and O–H groups in total. The Morgan fingerprint density at radius 1 is 1.00 bits per heavy atom. The van der Waals surface area contributed by atoms with Crippen LogP contribution in [-0.2, 0) is 9.53 Å². The molecule has 2 aromatic rings. The van der Waals surface area contributed by atoms with E-state index in [4.69, 9.17) is 9.47 Å². The molecule has 4 heteroatoms. The van der Waals surface area contributed by atoms with Crippen molar-refractivity contribution in [1.82, 2.24) is 0 Å². The summed E-state index contributed by atoms with van der Waals surface area (Å²) in [6, 6.07) is 16.7. The first-order valence-electron chi connectivity index (χ1n) is 7.91. The summed E-state index contributed by atoms with van der Waals surface area (Å²) in [5, 5.41) is 9.79. The molecular formula is C20H22O4. The van der Waals surface area contributed by atoms with Crippen molar-refractivity contribution in [1.29, 1.82) is 0 Å². The quantitative estimate of drug-likeness (QED) is 0.442. The lowest BCUT2D eigenvalue weighted by Gasteiger charge is -2.13. The van der Waals surface area contributed by atoms with Crippen molar-refractivity contribution in [3.05, 3.63) is 65.7 Å². The molecule has 4 nitrogen and oxygen atoms in total. The predicted molar refractivity (Wildman–Crippen MR) is 94.7 cm³/mol. The number of carboxylic acids is 1. The molecule has 24 heavy (non-hydrogen) atoms. The summed E-state index contributed by atoms with van der Waals surface area (Å²) < 4.78 is 10.2. The minimum Gasteiger partial charge on any atom is -0.478 e. The van der Waals surface area contributed by atoms with Crippen molar-refractivity contribution < 1.29 is 19.4 Å². The predicted octanol–water partition coefficient (Wildman–Crippen LogP) is 4.46. The number of hydrogen-bond acceptors (Lipinski definition) is 3. The van der Waals surface area contributed by atoms with Gasteiger partial charge in [-0.05, 0) is 35.3 Å². The molecule has 0 fully saturated rings. The van der Waals surface area contributed by atoms with Gasteiger partial charge in [0, 0.05) is 7.11 Å². The minimum atomic E-state index is -0.923. The van der Waals surface area contributed by atoms with Crippen LogP contribution < -0.4 is 4.74 Å². The van der Waals surface area contributed by atoms with E-state index in [-0.39, 0.29) is 6.79 Å². The van der Waals surface area contributed by atoms with Crippen molar-refractivity contribution in [2.45, 2.75) is 19.8 Å². The fourth-order valence-corrected chi connectivity index (χ4v) is 2.57. The lowest BCUT2D eigenvalue weighted by molar-refractivity contribution is -0.130. The molecule has 126 valence electrons. The molecule has 2 rings (SSSR count).